The van der Waals surface area contributed by atoms with Gasteiger partial charge in [0, 0.05) is 5.69 Å². The molecule has 1 amide bonds. The standard InChI is InChI=1S/C12H11NO3/c14-11-7-3-5-9-4-1-2-6-10(9)13(11)8-12(15)16/h1-4,6-7H,5,8H2,(H,15,16). The molecule has 0 bridgehead atoms. The van der Waals surface area contributed by atoms with Gasteiger partial charge in [-0.1, -0.05) is 24.3 Å². The quantitative estimate of drug-likeness (QED) is 0.810. The topological polar surface area (TPSA) is 57.6 Å². The molecule has 16 heavy (non-hydrogen) atoms. The molecule has 0 aliphatic carbocycles. The van der Waals surface area contributed by atoms with Crippen LogP contribution in [0.1, 0.15) is 5.56 Å². The second-order valence-electron chi connectivity index (χ2n) is 3.55. The van der Waals surface area contributed by atoms with Gasteiger partial charge >= 0.3 is 5.97 Å². The van der Waals surface area contributed by atoms with Crippen LogP contribution in [0.5, 0.6) is 0 Å². The van der Waals surface area contributed by atoms with E-state index in [4.69, 9.17) is 5.11 Å². The van der Waals surface area contributed by atoms with Crippen molar-refractivity contribution in [3.63, 3.8) is 0 Å². The highest BCUT2D eigenvalue weighted by Gasteiger charge is 2.20. The lowest BCUT2D eigenvalue weighted by Crippen LogP contribution is -2.34. The maximum atomic E-state index is 11.7. The van der Waals surface area contributed by atoms with Crippen LogP contribution in [0, 0.1) is 0 Å². The number of amides is 1. The van der Waals surface area contributed by atoms with E-state index in [0.29, 0.717) is 12.1 Å². The first-order valence-corrected chi connectivity index (χ1v) is 4.96. The van der Waals surface area contributed by atoms with Crippen LogP contribution in [-0.4, -0.2) is 23.5 Å². The molecule has 0 atom stereocenters. The molecule has 1 aromatic rings. The number of carbonyl (C=O) groups is 2. The zero-order valence-electron chi connectivity index (χ0n) is 8.59. The zero-order valence-corrected chi connectivity index (χ0v) is 8.59. The average molecular weight is 217 g/mol. The second kappa shape index (κ2) is 4.18. The molecule has 0 unspecified atom stereocenters. The van der Waals surface area contributed by atoms with E-state index in [1.807, 2.05) is 12.1 Å². The Labute approximate surface area is 92.8 Å². The molecule has 0 fully saturated rings. The summed E-state index contributed by atoms with van der Waals surface area (Å²) in [4.78, 5) is 23.7. The minimum Gasteiger partial charge on any atom is -0.480 e. The van der Waals surface area contributed by atoms with E-state index in [2.05, 4.69) is 0 Å². The van der Waals surface area contributed by atoms with E-state index in [0.717, 1.165) is 5.56 Å². The highest BCUT2D eigenvalue weighted by Crippen LogP contribution is 2.23. The number of anilines is 1. The lowest BCUT2D eigenvalue weighted by molar-refractivity contribution is -0.136. The molecular weight excluding hydrogens is 206 g/mol. The predicted molar refractivity (Wildman–Crippen MR) is 59.3 cm³/mol. The maximum absolute atomic E-state index is 11.7. The summed E-state index contributed by atoms with van der Waals surface area (Å²) in [5.41, 5.74) is 1.64. The lowest BCUT2D eigenvalue weighted by Gasteiger charge is -2.20. The summed E-state index contributed by atoms with van der Waals surface area (Å²) < 4.78 is 0. The Morgan fingerprint density at radius 1 is 1.38 bits per heavy atom. The summed E-state index contributed by atoms with van der Waals surface area (Å²) in [5.74, 6) is -1.30. The van der Waals surface area contributed by atoms with Crippen LogP contribution in [-0.2, 0) is 16.0 Å². The minimum atomic E-state index is -1.02. The summed E-state index contributed by atoms with van der Waals surface area (Å²) in [6, 6.07) is 7.34. The van der Waals surface area contributed by atoms with Crippen LogP contribution in [0.2, 0.25) is 0 Å². The number of allylic oxidation sites excluding steroid dienone is 1. The normalized spacial score (nSPS) is 14.5. The Balaban J connectivity index is 2.44. The molecule has 1 N–H and O–H groups in total. The van der Waals surface area contributed by atoms with E-state index in [9.17, 15) is 9.59 Å². The van der Waals surface area contributed by atoms with Gasteiger partial charge in [-0.25, -0.2) is 0 Å². The molecule has 82 valence electrons. The fraction of sp³-hybridized carbons (Fsp3) is 0.167. The van der Waals surface area contributed by atoms with Gasteiger partial charge < -0.3 is 5.11 Å². The molecule has 1 aliphatic heterocycles. The molecule has 0 saturated carbocycles. The van der Waals surface area contributed by atoms with E-state index in [1.165, 1.54) is 11.0 Å². The van der Waals surface area contributed by atoms with Crippen molar-refractivity contribution in [2.45, 2.75) is 6.42 Å². The van der Waals surface area contributed by atoms with Crippen molar-refractivity contribution < 1.29 is 14.7 Å². The zero-order chi connectivity index (χ0) is 11.5. The third-order valence-electron chi connectivity index (χ3n) is 2.44. The molecule has 1 aromatic carbocycles. The molecule has 0 aromatic heterocycles. The van der Waals surface area contributed by atoms with Crippen molar-refractivity contribution in [2.24, 2.45) is 0 Å². The number of carboxylic acids is 1. The minimum absolute atomic E-state index is 0.285. The van der Waals surface area contributed by atoms with Gasteiger partial charge in [-0.2, -0.15) is 0 Å². The number of aliphatic carboxylic acids is 1. The van der Waals surface area contributed by atoms with Gasteiger partial charge in [0.2, 0.25) is 0 Å². The van der Waals surface area contributed by atoms with E-state index in [1.54, 1.807) is 18.2 Å². The van der Waals surface area contributed by atoms with Crippen LogP contribution < -0.4 is 4.90 Å². The number of carboxylic acid groups (broad SMARTS) is 1. The Kier molecular flexibility index (Phi) is 2.72. The molecule has 2 rings (SSSR count). The second-order valence-corrected chi connectivity index (χ2v) is 3.55. The first kappa shape index (κ1) is 10.4. The number of benzene rings is 1. The van der Waals surface area contributed by atoms with Crippen LogP contribution in [0.3, 0.4) is 0 Å². The van der Waals surface area contributed by atoms with Gasteiger partial charge in [-0.3, -0.25) is 14.5 Å². The fourth-order valence-corrected chi connectivity index (χ4v) is 1.74. The Bertz CT molecular complexity index is 465. The number of para-hydroxylation sites is 1. The maximum Gasteiger partial charge on any atom is 0.323 e. The molecule has 4 nitrogen and oxygen atoms in total. The van der Waals surface area contributed by atoms with Crippen molar-refractivity contribution in [1.82, 2.24) is 0 Å². The Hall–Kier alpha value is -2.10. The summed E-state index contributed by atoms with van der Waals surface area (Å²) >= 11 is 0. The summed E-state index contributed by atoms with van der Waals surface area (Å²) in [7, 11) is 0. The smallest absolute Gasteiger partial charge is 0.323 e. The van der Waals surface area contributed by atoms with Crippen LogP contribution >= 0.6 is 0 Å². The summed E-state index contributed by atoms with van der Waals surface area (Å²) in [5, 5.41) is 8.78. The molecule has 1 aliphatic rings. The van der Waals surface area contributed by atoms with E-state index < -0.39 is 5.97 Å². The molecule has 0 saturated heterocycles. The number of hydrogen-bond donors (Lipinski definition) is 1. The van der Waals surface area contributed by atoms with Crippen LogP contribution in [0.25, 0.3) is 0 Å². The van der Waals surface area contributed by atoms with Gasteiger partial charge in [0.25, 0.3) is 5.91 Å². The molecular formula is C12H11NO3. The van der Waals surface area contributed by atoms with Crippen LogP contribution in [0.4, 0.5) is 5.69 Å². The molecule has 0 radical (unpaired) electrons. The van der Waals surface area contributed by atoms with Crippen molar-refractivity contribution >= 4 is 17.6 Å². The van der Waals surface area contributed by atoms with Gasteiger partial charge in [-0.05, 0) is 24.1 Å². The number of hydrogen-bond acceptors (Lipinski definition) is 2. The third kappa shape index (κ3) is 1.95. The first-order valence-electron chi connectivity index (χ1n) is 4.96. The number of rotatable bonds is 2. The average Bonchev–Trinajstić information content (AvgIpc) is 2.40. The molecule has 4 heteroatoms. The predicted octanol–water partition coefficient (Wildman–Crippen LogP) is 1.22. The van der Waals surface area contributed by atoms with Gasteiger partial charge in [0.05, 0.1) is 0 Å². The van der Waals surface area contributed by atoms with E-state index >= 15 is 0 Å². The van der Waals surface area contributed by atoms with Gasteiger partial charge in [-0.15, -0.1) is 0 Å². The lowest BCUT2D eigenvalue weighted by atomic mass is 10.1. The number of carbonyl (C=O) groups excluding carboxylic acids is 1. The van der Waals surface area contributed by atoms with Gasteiger partial charge in [0.1, 0.15) is 6.54 Å². The summed E-state index contributed by atoms with van der Waals surface area (Å²) in [6.07, 6.45) is 3.82. The fourth-order valence-electron chi connectivity index (χ4n) is 1.74. The van der Waals surface area contributed by atoms with Crippen molar-refractivity contribution in [3.8, 4) is 0 Å². The Morgan fingerprint density at radius 2 is 2.12 bits per heavy atom. The molecule has 1 heterocycles. The molecule has 0 spiro atoms. The first-order chi connectivity index (χ1) is 7.68. The highest BCUT2D eigenvalue weighted by atomic mass is 16.4. The third-order valence-corrected chi connectivity index (χ3v) is 2.44. The van der Waals surface area contributed by atoms with Crippen molar-refractivity contribution in [2.75, 3.05) is 11.4 Å². The monoisotopic (exact) mass is 217 g/mol. The largest absolute Gasteiger partial charge is 0.480 e. The van der Waals surface area contributed by atoms with Crippen LogP contribution in [0.15, 0.2) is 36.4 Å². The highest BCUT2D eigenvalue weighted by molar-refractivity contribution is 6.05. The van der Waals surface area contributed by atoms with Crippen molar-refractivity contribution in [1.29, 1.82) is 0 Å². The summed E-state index contributed by atoms with van der Waals surface area (Å²) in [6.45, 7) is -0.305. The van der Waals surface area contributed by atoms with E-state index in [-0.39, 0.29) is 12.5 Å². The Morgan fingerprint density at radius 3 is 2.88 bits per heavy atom. The number of nitrogens with zero attached hydrogens (tertiary/aromatic N) is 1. The SMILES string of the molecule is O=C(O)CN1C(=O)C=CCc2ccccc21. The van der Waals surface area contributed by atoms with Crippen molar-refractivity contribution in [3.05, 3.63) is 42.0 Å². The van der Waals surface area contributed by atoms with Gasteiger partial charge in [0.15, 0.2) is 0 Å². The number of fused-ring (bicyclic) bond motifs is 1.